The van der Waals surface area contributed by atoms with Crippen LogP contribution in [0.3, 0.4) is 0 Å². The molecule has 8 nitrogen and oxygen atoms in total. The lowest BCUT2D eigenvalue weighted by atomic mass is 10.1. The van der Waals surface area contributed by atoms with Gasteiger partial charge in [-0.3, -0.25) is 0 Å². The zero-order chi connectivity index (χ0) is 12.6. The van der Waals surface area contributed by atoms with Gasteiger partial charge in [0, 0.05) is 0 Å². The molecule has 0 amide bonds. The van der Waals surface area contributed by atoms with Crippen LogP contribution >= 0.6 is 0 Å². The molecule has 0 aromatic carbocycles. The van der Waals surface area contributed by atoms with Crippen LogP contribution in [0.2, 0.25) is 0 Å². The van der Waals surface area contributed by atoms with Gasteiger partial charge in [-0.1, -0.05) is 4.98 Å². The van der Waals surface area contributed by atoms with Gasteiger partial charge >= 0.3 is 5.95 Å². The molecule has 1 unspecified atom stereocenters. The summed E-state index contributed by atoms with van der Waals surface area (Å²) in [4.78, 5) is 13.3. The Labute approximate surface area is 94.4 Å². The van der Waals surface area contributed by atoms with Gasteiger partial charge in [-0.2, -0.15) is 4.57 Å². The van der Waals surface area contributed by atoms with Crippen molar-refractivity contribution in [1.29, 1.82) is 0 Å². The van der Waals surface area contributed by atoms with E-state index < -0.39 is 42.1 Å². The normalized spacial score (nSPS) is 32.9. The number of alkyl halides is 1. The molecule has 2 rings (SSSR count). The molecule has 1 saturated heterocycles. The molecule has 0 saturated carbocycles. The number of ether oxygens (including phenoxy) is 1. The van der Waals surface area contributed by atoms with Gasteiger partial charge in [-0.05, 0) is 4.92 Å². The third kappa shape index (κ3) is 1.88. The maximum Gasteiger partial charge on any atom is 0.436 e. The van der Waals surface area contributed by atoms with Crippen molar-refractivity contribution in [3.05, 3.63) is 22.5 Å². The maximum absolute atomic E-state index is 13.7. The topological polar surface area (TPSA) is 111 Å². The molecule has 1 aromatic heterocycles. The molecule has 1 aromatic rings. The first-order chi connectivity index (χ1) is 8.06. The summed E-state index contributed by atoms with van der Waals surface area (Å²) in [6.07, 6.45) is -3.52. The number of nitrogens with zero attached hydrogens (tertiary/aromatic N) is 3. The number of halogens is 1. The molecule has 17 heavy (non-hydrogen) atoms. The number of aliphatic hydroxyl groups is 2. The van der Waals surface area contributed by atoms with Crippen molar-refractivity contribution in [3.63, 3.8) is 0 Å². The second-order valence-electron chi connectivity index (χ2n) is 3.57. The van der Waals surface area contributed by atoms with Crippen LogP contribution in [0.1, 0.15) is 6.23 Å². The molecule has 1 fully saturated rings. The monoisotopic (exact) mass is 247 g/mol. The van der Waals surface area contributed by atoms with Crippen molar-refractivity contribution in [2.75, 3.05) is 6.61 Å². The molecule has 4 atom stereocenters. The lowest BCUT2D eigenvalue weighted by Gasteiger charge is -2.11. The van der Waals surface area contributed by atoms with Crippen LogP contribution in [0.5, 0.6) is 0 Å². The SMILES string of the molecule is O=[N+]([O-])c1nccn1[C@@H]1OC(CO)[C@@H](O)[C@H]1F. The van der Waals surface area contributed by atoms with Crippen molar-refractivity contribution in [2.45, 2.75) is 24.6 Å². The molecule has 2 heterocycles. The van der Waals surface area contributed by atoms with Crippen LogP contribution in [-0.2, 0) is 4.74 Å². The molecule has 0 aliphatic carbocycles. The summed E-state index contributed by atoms with van der Waals surface area (Å²) in [6, 6.07) is 0. The summed E-state index contributed by atoms with van der Waals surface area (Å²) in [6.45, 7) is -0.569. The van der Waals surface area contributed by atoms with Gasteiger partial charge in [0.05, 0.1) is 6.61 Å². The molecular formula is C8H10FN3O5. The van der Waals surface area contributed by atoms with E-state index in [1.165, 1.54) is 6.20 Å². The Hall–Kier alpha value is -1.58. The fourth-order valence-corrected chi connectivity index (χ4v) is 1.72. The number of aliphatic hydroxyl groups excluding tert-OH is 2. The first kappa shape index (κ1) is 11.9. The summed E-state index contributed by atoms with van der Waals surface area (Å²) in [5.41, 5.74) is 0. The number of hydrogen-bond acceptors (Lipinski definition) is 6. The molecule has 0 spiro atoms. The van der Waals surface area contributed by atoms with Gasteiger partial charge in [0.25, 0.3) is 0 Å². The van der Waals surface area contributed by atoms with Crippen molar-refractivity contribution in [3.8, 4) is 0 Å². The molecular weight excluding hydrogens is 237 g/mol. The number of rotatable bonds is 3. The lowest BCUT2D eigenvalue weighted by molar-refractivity contribution is -0.398. The number of hydrogen-bond donors (Lipinski definition) is 2. The minimum absolute atomic E-state index is 0.569. The van der Waals surface area contributed by atoms with Gasteiger partial charge in [-0.15, -0.1) is 0 Å². The van der Waals surface area contributed by atoms with E-state index in [1.807, 2.05) is 0 Å². The molecule has 0 bridgehead atoms. The van der Waals surface area contributed by atoms with Gasteiger partial charge in [0.2, 0.25) is 6.23 Å². The van der Waals surface area contributed by atoms with Gasteiger partial charge in [-0.25, -0.2) is 4.39 Å². The third-order valence-corrected chi connectivity index (χ3v) is 2.56. The highest BCUT2D eigenvalue weighted by Gasteiger charge is 2.48. The van der Waals surface area contributed by atoms with E-state index in [0.29, 0.717) is 0 Å². The summed E-state index contributed by atoms with van der Waals surface area (Å²) >= 11 is 0. The Bertz CT molecular complexity index is 425. The predicted octanol–water partition coefficient (Wildman–Crippen LogP) is -0.620. The first-order valence-electron chi connectivity index (χ1n) is 4.82. The van der Waals surface area contributed by atoms with Gasteiger partial charge in [0.15, 0.2) is 6.17 Å². The number of imidazole rings is 1. The van der Waals surface area contributed by atoms with E-state index in [2.05, 4.69) is 4.98 Å². The fourth-order valence-electron chi connectivity index (χ4n) is 1.72. The number of nitro groups is 1. The molecule has 1 aliphatic heterocycles. The Morgan fingerprint density at radius 3 is 2.94 bits per heavy atom. The smallest absolute Gasteiger partial charge is 0.394 e. The highest BCUT2D eigenvalue weighted by Crippen LogP contribution is 2.33. The lowest BCUT2D eigenvalue weighted by Crippen LogP contribution is -2.30. The molecule has 9 heteroatoms. The highest BCUT2D eigenvalue weighted by atomic mass is 19.1. The maximum atomic E-state index is 13.7. The van der Waals surface area contributed by atoms with Crippen LogP contribution < -0.4 is 0 Å². The fraction of sp³-hybridized carbons (Fsp3) is 0.625. The third-order valence-electron chi connectivity index (χ3n) is 2.56. The van der Waals surface area contributed by atoms with Crippen molar-refractivity contribution in [2.24, 2.45) is 0 Å². The van der Waals surface area contributed by atoms with E-state index in [9.17, 15) is 19.6 Å². The Morgan fingerprint density at radius 1 is 1.71 bits per heavy atom. The minimum atomic E-state index is -1.86. The van der Waals surface area contributed by atoms with Crippen molar-refractivity contribution >= 4 is 5.95 Å². The zero-order valence-electron chi connectivity index (χ0n) is 8.51. The first-order valence-corrected chi connectivity index (χ1v) is 4.82. The zero-order valence-corrected chi connectivity index (χ0v) is 8.51. The summed E-state index contributed by atoms with van der Waals surface area (Å²) in [7, 11) is 0. The summed E-state index contributed by atoms with van der Waals surface area (Å²) < 4.78 is 19.6. The predicted molar refractivity (Wildman–Crippen MR) is 50.8 cm³/mol. The van der Waals surface area contributed by atoms with Gasteiger partial charge in [0.1, 0.15) is 24.6 Å². The van der Waals surface area contributed by atoms with Crippen molar-refractivity contribution in [1.82, 2.24) is 9.55 Å². The molecule has 2 N–H and O–H groups in total. The average Bonchev–Trinajstić information content (AvgIpc) is 2.86. The van der Waals surface area contributed by atoms with Crippen LogP contribution in [0.15, 0.2) is 12.4 Å². The standard InChI is InChI=1S/C8H10FN3O5/c9-5-6(14)4(3-13)17-7(5)11-2-1-10-8(11)12(15)16/h1-2,4-7,13-14H,3H2/t4?,5-,6-,7-/m1/s1. The Kier molecular flexibility index (Phi) is 3.05. The molecule has 1 aliphatic rings. The average molecular weight is 247 g/mol. The second-order valence-corrected chi connectivity index (χ2v) is 3.57. The van der Waals surface area contributed by atoms with Crippen LogP contribution in [0.25, 0.3) is 0 Å². The van der Waals surface area contributed by atoms with E-state index in [0.717, 1.165) is 10.8 Å². The summed E-state index contributed by atoms with van der Waals surface area (Å²) in [5.74, 6) is -0.580. The van der Waals surface area contributed by atoms with Crippen LogP contribution in [-0.4, -0.2) is 49.7 Å². The van der Waals surface area contributed by atoms with E-state index in [4.69, 9.17) is 9.84 Å². The molecule has 94 valence electrons. The van der Waals surface area contributed by atoms with Crippen LogP contribution in [0, 0.1) is 10.1 Å². The Balaban J connectivity index is 2.29. The van der Waals surface area contributed by atoms with E-state index >= 15 is 0 Å². The second kappa shape index (κ2) is 4.35. The Morgan fingerprint density at radius 2 is 2.41 bits per heavy atom. The van der Waals surface area contributed by atoms with E-state index in [-0.39, 0.29) is 0 Å². The molecule has 0 radical (unpaired) electrons. The largest absolute Gasteiger partial charge is 0.436 e. The van der Waals surface area contributed by atoms with Crippen LogP contribution in [0.4, 0.5) is 10.3 Å². The quantitative estimate of drug-likeness (QED) is 0.544. The van der Waals surface area contributed by atoms with E-state index in [1.54, 1.807) is 0 Å². The van der Waals surface area contributed by atoms with Gasteiger partial charge < -0.3 is 25.1 Å². The van der Waals surface area contributed by atoms with Crippen molar-refractivity contribution < 1.29 is 24.3 Å². The summed E-state index contributed by atoms with van der Waals surface area (Å²) in [5, 5.41) is 28.8. The number of aromatic nitrogens is 2. The highest BCUT2D eigenvalue weighted by molar-refractivity contribution is 5.10. The minimum Gasteiger partial charge on any atom is -0.394 e.